The minimum atomic E-state index is -0.417. The van der Waals surface area contributed by atoms with Gasteiger partial charge < -0.3 is 10.4 Å². The molecular formula is C21H37NO. The van der Waals surface area contributed by atoms with Gasteiger partial charge in [-0.05, 0) is 25.5 Å². The fourth-order valence-electron chi connectivity index (χ4n) is 2.99. The van der Waals surface area contributed by atoms with Gasteiger partial charge in [-0.3, -0.25) is 0 Å². The van der Waals surface area contributed by atoms with Gasteiger partial charge in [0, 0.05) is 6.04 Å². The van der Waals surface area contributed by atoms with Crippen LogP contribution in [0.2, 0.25) is 0 Å². The lowest BCUT2D eigenvalue weighted by atomic mass is 10.0. The van der Waals surface area contributed by atoms with Gasteiger partial charge in [0.05, 0.1) is 6.10 Å². The van der Waals surface area contributed by atoms with Crippen molar-refractivity contribution in [2.75, 3.05) is 6.54 Å². The number of aliphatic hydroxyl groups is 1. The molecule has 0 radical (unpaired) electrons. The molecule has 132 valence electrons. The molecular weight excluding hydrogens is 282 g/mol. The number of unbranched alkanes of at least 4 members (excludes halogenated alkanes) is 9. The molecule has 0 amide bonds. The van der Waals surface area contributed by atoms with Crippen molar-refractivity contribution in [3.05, 3.63) is 35.9 Å². The van der Waals surface area contributed by atoms with E-state index in [0.29, 0.717) is 0 Å². The van der Waals surface area contributed by atoms with Crippen LogP contribution in [-0.4, -0.2) is 17.7 Å². The summed E-state index contributed by atoms with van der Waals surface area (Å²) in [6.07, 6.45) is 13.2. The second-order valence-corrected chi connectivity index (χ2v) is 6.78. The van der Waals surface area contributed by atoms with Crippen LogP contribution in [0.25, 0.3) is 0 Å². The van der Waals surface area contributed by atoms with E-state index in [2.05, 4.69) is 19.2 Å². The van der Waals surface area contributed by atoms with E-state index in [1.807, 2.05) is 30.3 Å². The molecule has 23 heavy (non-hydrogen) atoms. The normalized spacial score (nSPS) is 13.9. The van der Waals surface area contributed by atoms with Crippen LogP contribution >= 0.6 is 0 Å². The summed E-state index contributed by atoms with van der Waals surface area (Å²) in [7, 11) is 0. The third-order valence-corrected chi connectivity index (χ3v) is 4.61. The van der Waals surface area contributed by atoms with Crippen molar-refractivity contribution in [1.82, 2.24) is 5.32 Å². The van der Waals surface area contributed by atoms with E-state index < -0.39 is 6.10 Å². The van der Waals surface area contributed by atoms with Gasteiger partial charge in [-0.25, -0.2) is 0 Å². The molecule has 0 saturated heterocycles. The molecule has 0 saturated carbocycles. The Morgan fingerprint density at radius 2 is 1.35 bits per heavy atom. The first-order valence-corrected chi connectivity index (χ1v) is 9.72. The van der Waals surface area contributed by atoms with Crippen LogP contribution in [0, 0.1) is 0 Å². The quantitative estimate of drug-likeness (QED) is 0.436. The lowest BCUT2D eigenvalue weighted by Crippen LogP contribution is -2.32. The third-order valence-electron chi connectivity index (χ3n) is 4.61. The summed E-state index contributed by atoms with van der Waals surface area (Å²) in [5, 5.41) is 13.7. The summed E-state index contributed by atoms with van der Waals surface area (Å²) < 4.78 is 0. The second-order valence-electron chi connectivity index (χ2n) is 6.78. The van der Waals surface area contributed by atoms with E-state index in [4.69, 9.17) is 0 Å². The molecule has 0 unspecified atom stereocenters. The maximum absolute atomic E-state index is 10.3. The molecule has 2 nitrogen and oxygen atoms in total. The first-order chi connectivity index (χ1) is 11.3. The Bertz CT molecular complexity index is 365. The standard InChI is InChI=1S/C21H37NO/c1-3-4-5-6-7-8-9-10-11-15-18-22-19(2)21(23)20-16-13-12-14-17-20/h12-14,16-17,19,21-23H,3-11,15,18H2,1-2H3/t19-,21-/m1/s1. The third kappa shape index (κ3) is 9.78. The monoisotopic (exact) mass is 319 g/mol. The second kappa shape index (κ2) is 13.6. The largest absolute Gasteiger partial charge is 0.387 e. The Balaban J connectivity index is 1.94. The molecule has 0 fully saturated rings. The highest BCUT2D eigenvalue weighted by Gasteiger charge is 2.14. The Morgan fingerprint density at radius 1 is 0.826 bits per heavy atom. The van der Waals surface area contributed by atoms with E-state index >= 15 is 0 Å². The summed E-state index contributed by atoms with van der Waals surface area (Å²) in [4.78, 5) is 0. The minimum Gasteiger partial charge on any atom is -0.387 e. The Labute approximate surface area is 143 Å². The van der Waals surface area contributed by atoms with Crippen molar-refractivity contribution in [3.8, 4) is 0 Å². The molecule has 0 bridgehead atoms. The van der Waals surface area contributed by atoms with E-state index in [0.717, 1.165) is 12.1 Å². The van der Waals surface area contributed by atoms with Crippen LogP contribution in [0.1, 0.15) is 89.7 Å². The molecule has 0 aliphatic carbocycles. The van der Waals surface area contributed by atoms with Crippen molar-refractivity contribution < 1.29 is 5.11 Å². The molecule has 0 heterocycles. The van der Waals surface area contributed by atoms with Crippen LogP contribution in [0.4, 0.5) is 0 Å². The van der Waals surface area contributed by atoms with Crippen LogP contribution < -0.4 is 5.32 Å². The molecule has 2 atom stereocenters. The molecule has 2 heteroatoms. The number of nitrogens with one attached hydrogen (secondary N) is 1. The van der Waals surface area contributed by atoms with Crippen molar-refractivity contribution in [2.24, 2.45) is 0 Å². The first kappa shape index (κ1) is 20.2. The highest BCUT2D eigenvalue weighted by Crippen LogP contribution is 2.16. The van der Waals surface area contributed by atoms with Gasteiger partial charge in [0.25, 0.3) is 0 Å². The highest BCUT2D eigenvalue weighted by molar-refractivity contribution is 5.18. The molecule has 1 aromatic rings. The molecule has 0 spiro atoms. The van der Waals surface area contributed by atoms with E-state index in [1.54, 1.807) is 0 Å². The van der Waals surface area contributed by atoms with Crippen molar-refractivity contribution >= 4 is 0 Å². The maximum atomic E-state index is 10.3. The lowest BCUT2D eigenvalue weighted by molar-refractivity contribution is 0.136. The van der Waals surface area contributed by atoms with E-state index in [1.165, 1.54) is 64.2 Å². The lowest BCUT2D eigenvalue weighted by Gasteiger charge is -2.20. The Kier molecular flexibility index (Phi) is 11.9. The summed E-state index contributed by atoms with van der Waals surface area (Å²) in [6, 6.07) is 10.0. The van der Waals surface area contributed by atoms with Crippen LogP contribution in [0.15, 0.2) is 30.3 Å². The van der Waals surface area contributed by atoms with E-state index in [9.17, 15) is 5.11 Å². The summed E-state index contributed by atoms with van der Waals surface area (Å²) in [5.41, 5.74) is 0.996. The topological polar surface area (TPSA) is 32.3 Å². The smallest absolute Gasteiger partial charge is 0.0940 e. The molecule has 2 N–H and O–H groups in total. The Hall–Kier alpha value is -0.860. The van der Waals surface area contributed by atoms with Crippen molar-refractivity contribution in [2.45, 2.75) is 90.2 Å². The zero-order chi connectivity index (χ0) is 16.8. The molecule has 1 aromatic carbocycles. The SMILES string of the molecule is CCCCCCCCCCCCN[C@H](C)[C@@H](O)c1ccccc1. The summed E-state index contributed by atoms with van der Waals surface area (Å²) >= 11 is 0. The number of benzene rings is 1. The van der Waals surface area contributed by atoms with Gasteiger partial charge in [0.15, 0.2) is 0 Å². The Morgan fingerprint density at radius 3 is 1.91 bits per heavy atom. The maximum Gasteiger partial charge on any atom is 0.0940 e. The van der Waals surface area contributed by atoms with Crippen molar-refractivity contribution in [1.29, 1.82) is 0 Å². The zero-order valence-electron chi connectivity index (χ0n) is 15.3. The van der Waals surface area contributed by atoms with Gasteiger partial charge in [0.2, 0.25) is 0 Å². The molecule has 0 aliphatic rings. The predicted octanol–water partition coefficient (Wildman–Crippen LogP) is 5.62. The summed E-state index contributed by atoms with van der Waals surface area (Å²) in [5.74, 6) is 0. The van der Waals surface area contributed by atoms with Gasteiger partial charge >= 0.3 is 0 Å². The van der Waals surface area contributed by atoms with Crippen LogP contribution in [0.3, 0.4) is 0 Å². The van der Waals surface area contributed by atoms with Gasteiger partial charge in [0.1, 0.15) is 0 Å². The molecule has 0 aromatic heterocycles. The molecule has 0 aliphatic heterocycles. The number of aliphatic hydroxyl groups excluding tert-OH is 1. The molecule has 1 rings (SSSR count). The van der Waals surface area contributed by atoms with E-state index in [-0.39, 0.29) is 6.04 Å². The van der Waals surface area contributed by atoms with Crippen molar-refractivity contribution in [3.63, 3.8) is 0 Å². The fourth-order valence-corrected chi connectivity index (χ4v) is 2.99. The number of rotatable bonds is 14. The van der Waals surface area contributed by atoms with Gasteiger partial charge in [-0.2, -0.15) is 0 Å². The number of hydrogen-bond donors (Lipinski definition) is 2. The fraction of sp³-hybridized carbons (Fsp3) is 0.714. The number of hydrogen-bond acceptors (Lipinski definition) is 2. The van der Waals surface area contributed by atoms with Crippen LogP contribution in [0.5, 0.6) is 0 Å². The minimum absolute atomic E-state index is 0.107. The van der Waals surface area contributed by atoms with Gasteiger partial charge in [-0.1, -0.05) is 95.0 Å². The van der Waals surface area contributed by atoms with Crippen LogP contribution in [-0.2, 0) is 0 Å². The average molecular weight is 320 g/mol. The van der Waals surface area contributed by atoms with Gasteiger partial charge in [-0.15, -0.1) is 0 Å². The average Bonchev–Trinajstić information content (AvgIpc) is 2.59. The summed E-state index contributed by atoms with van der Waals surface area (Å²) in [6.45, 7) is 5.34. The highest BCUT2D eigenvalue weighted by atomic mass is 16.3. The predicted molar refractivity (Wildman–Crippen MR) is 101 cm³/mol. The zero-order valence-corrected chi connectivity index (χ0v) is 15.3. The first-order valence-electron chi connectivity index (χ1n) is 9.72.